The highest BCUT2D eigenvalue weighted by molar-refractivity contribution is 6.01. The Kier molecular flexibility index (Phi) is 5.11. The van der Waals surface area contributed by atoms with Gasteiger partial charge in [-0.25, -0.2) is 4.79 Å². The number of hydrogen-bond donors (Lipinski definition) is 4. The monoisotopic (exact) mass is 258 g/mol. The average molecular weight is 258 g/mol. The van der Waals surface area contributed by atoms with Gasteiger partial charge in [-0.05, 0) is 18.8 Å². The molecule has 0 bridgehead atoms. The molecule has 0 saturated heterocycles. The van der Waals surface area contributed by atoms with Crippen LogP contribution in [-0.4, -0.2) is 53.4 Å². The van der Waals surface area contributed by atoms with Crippen molar-refractivity contribution in [2.24, 2.45) is 16.6 Å². The third kappa shape index (κ3) is 3.21. The van der Waals surface area contributed by atoms with Gasteiger partial charge in [-0.1, -0.05) is 0 Å². The van der Waals surface area contributed by atoms with E-state index >= 15 is 0 Å². The van der Waals surface area contributed by atoms with Crippen molar-refractivity contribution >= 4 is 11.7 Å². The minimum Gasteiger partial charge on any atom is -0.493 e. The molecule has 0 aromatic carbocycles. The zero-order valence-corrected chi connectivity index (χ0v) is 10.2. The fraction of sp³-hybridized carbons (Fsp3) is 0.636. The third-order valence-corrected chi connectivity index (χ3v) is 2.78. The minimum absolute atomic E-state index is 0.0619. The van der Waals surface area contributed by atoms with Gasteiger partial charge in [-0.15, -0.1) is 0 Å². The molecule has 2 unspecified atom stereocenters. The zero-order valence-electron chi connectivity index (χ0n) is 10.2. The quantitative estimate of drug-likeness (QED) is 0.506. The van der Waals surface area contributed by atoms with E-state index in [1.807, 2.05) is 0 Å². The molecule has 0 heterocycles. The van der Waals surface area contributed by atoms with Crippen LogP contribution in [0.5, 0.6) is 0 Å². The molecule has 0 aromatic rings. The van der Waals surface area contributed by atoms with Gasteiger partial charge in [0.15, 0.2) is 11.8 Å². The van der Waals surface area contributed by atoms with E-state index in [4.69, 9.17) is 25.8 Å². The summed E-state index contributed by atoms with van der Waals surface area (Å²) < 4.78 is 5.10. The van der Waals surface area contributed by atoms with E-state index < -0.39 is 18.6 Å². The van der Waals surface area contributed by atoms with E-state index in [1.165, 1.54) is 7.11 Å². The third-order valence-electron chi connectivity index (χ3n) is 2.78. The summed E-state index contributed by atoms with van der Waals surface area (Å²) in [5.74, 6) is -0.972. The van der Waals surface area contributed by atoms with E-state index in [0.717, 1.165) is 0 Å². The summed E-state index contributed by atoms with van der Waals surface area (Å²) in [5, 5.41) is 26.9. The van der Waals surface area contributed by atoms with Crippen molar-refractivity contribution in [1.29, 1.82) is 0 Å². The van der Waals surface area contributed by atoms with Crippen molar-refractivity contribution in [1.82, 2.24) is 0 Å². The van der Waals surface area contributed by atoms with E-state index in [1.54, 1.807) is 0 Å². The number of aliphatic hydroxyl groups excluding tert-OH is 2. The Bertz CT molecular complexity index is 378. The van der Waals surface area contributed by atoms with Gasteiger partial charge in [0.1, 0.15) is 0 Å². The number of carbonyl (C=O) groups is 1. The number of aliphatic hydroxyl groups is 2. The number of aliphatic imine (C=N–C) groups is 1. The van der Waals surface area contributed by atoms with Crippen LogP contribution in [0.4, 0.5) is 0 Å². The number of allylic oxidation sites excluding steroid dienone is 2. The Hall–Kier alpha value is -1.60. The smallest absolute Gasteiger partial charge is 0.330 e. The van der Waals surface area contributed by atoms with Crippen molar-refractivity contribution < 1.29 is 24.9 Å². The molecule has 102 valence electrons. The van der Waals surface area contributed by atoms with Crippen molar-refractivity contribution in [3.63, 3.8) is 0 Å². The van der Waals surface area contributed by atoms with Crippen molar-refractivity contribution in [3.8, 4) is 0 Å². The van der Waals surface area contributed by atoms with Crippen LogP contribution in [0.2, 0.25) is 0 Å². The van der Waals surface area contributed by atoms with Gasteiger partial charge >= 0.3 is 5.97 Å². The SMILES string of the molecule is COC1=C(N)CC(CO)CC1=NC(CO)C(=O)O. The van der Waals surface area contributed by atoms with Crippen LogP contribution in [0.15, 0.2) is 16.4 Å². The highest BCUT2D eigenvalue weighted by atomic mass is 16.5. The number of carboxylic acid groups (broad SMARTS) is 1. The first kappa shape index (κ1) is 14.5. The first-order chi connectivity index (χ1) is 8.53. The maximum atomic E-state index is 10.8. The molecule has 0 spiro atoms. The fourth-order valence-corrected chi connectivity index (χ4v) is 1.88. The second-order valence-corrected chi connectivity index (χ2v) is 4.13. The molecule has 1 aliphatic carbocycles. The van der Waals surface area contributed by atoms with Crippen LogP contribution >= 0.6 is 0 Å². The van der Waals surface area contributed by atoms with Crippen LogP contribution < -0.4 is 5.73 Å². The number of hydrogen-bond acceptors (Lipinski definition) is 6. The largest absolute Gasteiger partial charge is 0.493 e. The summed E-state index contributed by atoms with van der Waals surface area (Å²) >= 11 is 0. The van der Waals surface area contributed by atoms with Crippen LogP contribution in [-0.2, 0) is 9.53 Å². The standard InChI is InChI=1S/C11H18N2O5/c1-18-10-7(12)2-6(4-14)3-8(10)13-9(5-15)11(16)17/h6,9,14-15H,2-5,12H2,1H3,(H,16,17). The lowest BCUT2D eigenvalue weighted by Gasteiger charge is -2.25. The highest BCUT2D eigenvalue weighted by Gasteiger charge is 2.27. The topological polar surface area (TPSA) is 125 Å². The summed E-state index contributed by atoms with van der Waals surface area (Å²) in [6.07, 6.45) is 0.861. The summed E-state index contributed by atoms with van der Waals surface area (Å²) in [6, 6.07) is -1.24. The lowest BCUT2D eigenvalue weighted by atomic mass is 9.90. The average Bonchev–Trinajstić information content (AvgIpc) is 2.34. The molecule has 0 amide bonds. The Morgan fingerprint density at radius 1 is 1.56 bits per heavy atom. The van der Waals surface area contributed by atoms with Crippen molar-refractivity contribution in [2.75, 3.05) is 20.3 Å². The molecule has 0 radical (unpaired) electrons. The van der Waals surface area contributed by atoms with Gasteiger partial charge in [0.2, 0.25) is 0 Å². The number of nitrogens with two attached hydrogens (primary N) is 1. The summed E-state index contributed by atoms with van der Waals surface area (Å²) in [4.78, 5) is 14.8. The lowest BCUT2D eigenvalue weighted by Crippen LogP contribution is -2.30. The fourth-order valence-electron chi connectivity index (χ4n) is 1.88. The first-order valence-electron chi connectivity index (χ1n) is 5.57. The number of carboxylic acids is 1. The Labute approximate surface area is 105 Å². The predicted octanol–water partition coefficient (Wildman–Crippen LogP) is -0.908. The van der Waals surface area contributed by atoms with E-state index in [-0.39, 0.29) is 12.5 Å². The first-order valence-corrected chi connectivity index (χ1v) is 5.57. The molecule has 0 aliphatic heterocycles. The second-order valence-electron chi connectivity index (χ2n) is 4.13. The van der Waals surface area contributed by atoms with E-state index in [9.17, 15) is 4.79 Å². The Morgan fingerprint density at radius 3 is 2.67 bits per heavy atom. The van der Waals surface area contributed by atoms with Crippen LogP contribution in [0.3, 0.4) is 0 Å². The predicted molar refractivity (Wildman–Crippen MR) is 64.0 cm³/mol. The molecule has 0 saturated carbocycles. The molecule has 7 heteroatoms. The van der Waals surface area contributed by atoms with Crippen molar-refractivity contribution in [2.45, 2.75) is 18.9 Å². The summed E-state index contributed by atoms with van der Waals surface area (Å²) in [5.41, 5.74) is 6.60. The van der Waals surface area contributed by atoms with E-state index in [0.29, 0.717) is 30.0 Å². The molecule has 2 atom stereocenters. The molecule has 1 aliphatic rings. The molecular weight excluding hydrogens is 240 g/mol. The van der Waals surface area contributed by atoms with Crippen LogP contribution in [0.1, 0.15) is 12.8 Å². The van der Waals surface area contributed by atoms with Gasteiger partial charge in [0.25, 0.3) is 0 Å². The maximum Gasteiger partial charge on any atom is 0.330 e. The van der Waals surface area contributed by atoms with Crippen molar-refractivity contribution in [3.05, 3.63) is 11.5 Å². The second kappa shape index (κ2) is 6.36. The van der Waals surface area contributed by atoms with E-state index in [2.05, 4.69) is 4.99 Å². The molecule has 5 N–H and O–H groups in total. The van der Waals surface area contributed by atoms with Gasteiger partial charge in [-0.3, -0.25) is 4.99 Å². The Balaban J connectivity index is 3.06. The Morgan fingerprint density at radius 2 is 2.22 bits per heavy atom. The summed E-state index contributed by atoms with van der Waals surface area (Å²) in [7, 11) is 1.42. The van der Waals surface area contributed by atoms with Gasteiger partial charge in [0.05, 0.1) is 25.1 Å². The number of nitrogens with zero attached hydrogens (tertiary/aromatic N) is 1. The highest BCUT2D eigenvalue weighted by Crippen LogP contribution is 2.25. The number of methoxy groups -OCH3 is 1. The number of aliphatic carboxylic acids is 1. The molecule has 7 nitrogen and oxygen atoms in total. The maximum absolute atomic E-state index is 10.8. The normalized spacial score (nSPS) is 24.2. The molecular formula is C11H18N2O5. The number of rotatable bonds is 5. The van der Waals surface area contributed by atoms with Crippen LogP contribution in [0, 0.1) is 5.92 Å². The lowest BCUT2D eigenvalue weighted by molar-refractivity contribution is -0.139. The molecule has 0 aromatic heterocycles. The zero-order chi connectivity index (χ0) is 13.7. The summed E-state index contributed by atoms with van der Waals surface area (Å²) in [6.45, 7) is -0.660. The van der Waals surface area contributed by atoms with Gasteiger partial charge in [0, 0.05) is 6.61 Å². The van der Waals surface area contributed by atoms with Gasteiger partial charge < -0.3 is 25.8 Å². The number of ether oxygens (including phenoxy) is 1. The molecule has 0 fully saturated rings. The van der Waals surface area contributed by atoms with Crippen LogP contribution in [0.25, 0.3) is 0 Å². The molecule has 1 rings (SSSR count). The van der Waals surface area contributed by atoms with Gasteiger partial charge in [-0.2, -0.15) is 0 Å². The molecule has 18 heavy (non-hydrogen) atoms. The minimum atomic E-state index is -1.24.